The molecule has 0 aliphatic carbocycles. The highest BCUT2D eigenvalue weighted by Crippen LogP contribution is 2.28. The van der Waals surface area contributed by atoms with Crippen molar-refractivity contribution < 1.29 is 22.7 Å². The highest BCUT2D eigenvalue weighted by Gasteiger charge is 2.34. The van der Waals surface area contributed by atoms with Gasteiger partial charge in [-0.1, -0.05) is 19.8 Å². The minimum atomic E-state index is -4.50. The summed E-state index contributed by atoms with van der Waals surface area (Å²) in [5, 5.41) is 3.39. The van der Waals surface area contributed by atoms with E-state index in [1.54, 1.807) is 0 Å². The fourth-order valence-electron chi connectivity index (χ4n) is 1.55. The first-order valence-corrected chi connectivity index (χ1v) is 5.60. The average Bonchev–Trinajstić information content (AvgIpc) is 2.78. The molecular formula is C11H15F3N2O2. The van der Waals surface area contributed by atoms with Crippen LogP contribution in [0.2, 0.25) is 0 Å². The van der Waals surface area contributed by atoms with E-state index in [9.17, 15) is 18.0 Å². The molecular weight excluding hydrogens is 249 g/mol. The van der Waals surface area contributed by atoms with Gasteiger partial charge in [0.05, 0.1) is 7.11 Å². The lowest BCUT2D eigenvalue weighted by Crippen LogP contribution is -2.22. The molecule has 1 aromatic rings. The number of esters is 1. The van der Waals surface area contributed by atoms with Crippen molar-refractivity contribution in [3.05, 3.63) is 18.0 Å². The Morgan fingerprint density at radius 3 is 2.67 bits per heavy atom. The minimum Gasteiger partial charge on any atom is -0.467 e. The second-order valence-electron chi connectivity index (χ2n) is 3.86. The summed E-state index contributed by atoms with van der Waals surface area (Å²) in [6.07, 6.45) is -1.40. The van der Waals surface area contributed by atoms with Crippen molar-refractivity contribution in [1.29, 1.82) is 0 Å². The van der Waals surface area contributed by atoms with Gasteiger partial charge in [-0.15, -0.1) is 0 Å². The second kappa shape index (κ2) is 5.88. The maximum Gasteiger partial charge on any atom is 0.435 e. The fourth-order valence-corrected chi connectivity index (χ4v) is 1.55. The number of hydrogen-bond acceptors (Lipinski definition) is 3. The molecule has 18 heavy (non-hydrogen) atoms. The Hall–Kier alpha value is -1.53. The van der Waals surface area contributed by atoms with Gasteiger partial charge in [-0.05, 0) is 12.5 Å². The number of hydrogen-bond donors (Lipinski definition) is 0. The number of carbonyl (C=O) groups is 1. The van der Waals surface area contributed by atoms with Gasteiger partial charge in [0.15, 0.2) is 5.69 Å². The predicted molar refractivity (Wildman–Crippen MR) is 57.8 cm³/mol. The first-order valence-electron chi connectivity index (χ1n) is 5.60. The van der Waals surface area contributed by atoms with E-state index in [2.05, 4.69) is 9.84 Å². The Morgan fingerprint density at radius 2 is 2.22 bits per heavy atom. The molecule has 0 spiro atoms. The van der Waals surface area contributed by atoms with E-state index < -0.39 is 23.9 Å². The Morgan fingerprint density at radius 1 is 1.56 bits per heavy atom. The largest absolute Gasteiger partial charge is 0.467 e. The van der Waals surface area contributed by atoms with Crippen molar-refractivity contribution in [2.24, 2.45) is 0 Å². The van der Waals surface area contributed by atoms with Crippen molar-refractivity contribution in [3.8, 4) is 0 Å². The number of unbranched alkanes of at least 4 members (excludes halogenated alkanes) is 1. The van der Waals surface area contributed by atoms with E-state index in [-0.39, 0.29) is 0 Å². The maximum atomic E-state index is 12.4. The van der Waals surface area contributed by atoms with Crippen LogP contribution in [0.3, 0.4) is 0 Å². The van der Waals surface area contributed by atoms with Crippen LogP contribution in [-0.2, 0) is 15.7 Å². The third kappa shape index (κ3) is 3.48. The maximum absolute atomic E-state index is 12.4. The van der Waals surface area contributed by atoms with Crippen LogP contribution in [0.25, 0.3) is 0 Å². The van der Waals surface area contributed by atoms with E-state index in [1.165, 1.54) is 7.11 Å². The molecule has 0 amide bonds. The van der Waals surface area contributed by atoms with Crippen LogP contribution in [0.15, 0.2) is 12.3 Å². The van der Waals surface area contributed by atoms with Crippen LogP contribution in [0.1, 0.15) is 37.9 Å². The van der Waals surface area contributed by atoms with Crippen LogP contribution in [-0.4, -0.2) is 22.9 Å². The van der Waals surface area contributed by atoms with Crippen LogP contribution in [0, 0.1) is 0 Å². The lowest BCUT2D eigenvalue weighted by molar-refractivity contribution is -0.147. The SMILES string of the molecule is CCCCC(C(=O)OC)n1ccc(C(F)(F)F)n1. The van der Waals surface area contributed by atoms with Crippen LogP contribution >= 0.6 is 0 Å². The number of rotatable bonds is 5. The highest BCUT2D eigenvalue weighted by atomic mass is 19.4. The quantitative estimate of drug-likeness (QED) is 0.768. The Labute approximate surface area is 103 Å². The van der Waals surface area contributed by atoms with Gasteiger partial charge in [-0.3, -0.25) is 4.68 Å². The van der Waals surface area contributed by atoms with Gasteiger partial charge in [0.1, 0.15) is 6.04 Å². The fraction of sp³-hybridized carbons (Fsp3) is 0.636. The number of halogens is 3. The summed E-state index contributed by atoms with van der Waals surface area (Å²) in [6.45, 7) is 1.93. The standard InChI is InChI=1S/C11H15F3N2O2/c1-3-4-5-8(10(17)18-2)16-7-6-9(15-16)11(12,13)14/h6-8H,3-5H2,1-2H3. The lowest BCUT2D eigenvalue weighted by atomic mass is 10.1. The molecule has 0 N–H and O–H groups in total. The number of aromatic nitrogens is 2. The average molecular weight is 264 g/mol. The molecule has 1 aromatic heterocycles. The van der Waals surface area contributed by atoms with Crippen molar-refractivity contribution >= 4 is 5.97 Å². The van der Waals surface area contributed by atoms with Gasteiger partial charge in [-0.25, -0.2) is 4.79 Å². The number of methoxy groups -OCH3 is 1. The smallest absolute Gasteiger partial charge is 0.435 e. The number of carbonyl (C=O) groups excluding carboxylic acids is 1. The monoisotopic (exact) mass is 264 g/mol. The molecule has 1 rings (SSSR count). The molecule has 1 atom stereocenters. The Bertz CT molecular complexity index is 401. The Kier molecular flexibility index (Phi) is 4.75. The molecule has 1 heterocycles. The molecule has 0 saturated carbocycles. The third-order valence-corrected chi connectivity index (χ3v) is 2.52. The number of ether oxygens (including phenoxy) is 1. The third-order valence-electron chi connectivity index (χ3n) is 2.52. The van der Waals surface area contributed by atoms with Crippen molar-refractivity contribution in [1.82, 2.24) is 9.78 Å². The topological polar surface area (TPSA) is 44.1 Å². The molecule has 0 aliphatic rings. The molecule has 0 fully saturated rings. The zero-order valence-corrected chi connectivity index (χ0v) is 10.2. The van der Waals surface area contributed by atoms with Gasteiger partial charge in [0.2, 0.25) is 0 Å². The van der Waals surface area contributed by atoms with Crippen molar-refractivity contribution in [2.45, 2.75) is 38.4 Å². The van der Waals surface area contributed by atoms with Crippen molar-refractivity contribution in [3.63, 3.8) is 0 Å². The van der Waals surface area contributed by atoms with Gasteiger partial charge in [-0.2, -0.15) is 18.3 Å². The second-order valence-corrected chi connectivity index (χ2v) is 3.86. The first kappa shape index (κ1) is 14.5. The van der Waals surface area contributed by atoms with Gasteiger partial charge in [0, 0.05) is 6.20 Å². The highest BCUT2D eigenvalue weighted by molar-refractivity contribution is 5.73. The van der Waals surface area contributed by atoms with Gasteiger partial charge >= 0.3 is 12.1 Å². The first-order chi connectivity index (χ1) is 8.40. The molecule has 0 aliphatic heterocycles. The van der Waals surface area contributed by atoms with E-state index in [1.807, 2.05) is 6.92 Å². The van der Waals surface area contributed by atoms with Gasteiger partial charge < -0.3 is 4.74 Å². The van der Waals surface area contributed by atoms with E-state index in [0.717, 1.165) is 23.4 Å². The van der Waals surface area contributed by atoms with Crippen molar-refractivity contribution in [2.75, 3.05) is 7.11 Å². The lowest BCUT2D eigenvalue weighted by Gasteiger charge is -2.14. The molecule has 0 aromatic carbocycles. The zero-order valence-electron chi connectivity index (χ0n) is 10.2. The summed E-state index contributed by atoms with van der Waals surface area (Å²) in [5.41, 5.74) is -1.01. The predicted octanol–water partition coefficient (Wildman–Crippen LogP) is 2.81. The van der Waals surface area contributed by atoms with E-state index >= 15 is 0 Å². The van der Waals surface area contributed by atoms with Gasteiger partial charge in [0.25, 0.3) is 0 Å². The summed E-state index contributed by atoms with van der Waals surface area (Å²) in [6, 6.07) is 0.0491. The number of alkyl halides is 3. The summed E-state index contributed by atoms with van der Waals surface area (Å²) < 4.78 is 42.8. The molecule has 102 valence electrons. The summed E-state index contributed by atoms with van der Waals surface area (Å²) in [7, 11) is 1.20. The molecule has 0 saturated heterocycles. The number of nitrogens with zero attached hydrogens (tertiary/aromatic N) is 2. The van der Waals surface area contributed by atoms with E-state index in [0.29, 0.717) is 12.8 Å². The summed E-state index contributed by atoms with van der Waals surface area (Å²) >= 11 is 0. The molecule has 4 nitrogen and oxygen atoms in total. The van der Waals surface area contributed by atoms with Crippen LogP contribution < -0.4 is 0 Å². The minimum absolute atomic E-state index is 0.405. The normalized spacial score (nSPS) is 13.4. The van der Waals surface area contributed by atoms with Crippen LogP contribution in [0.4, 0.5) is 13.2 Å². The molecule has 0 radical (unpaired) electrons. The zero-order chi connectivity index (χ0) is 13.8. The molecule has 7 heteroatoms. The Balaban J connectivity index is 2.91. The van der Waals surface area contributed by atoms with E-state index in [4.69, 9.17) is 0 Å². The summed E-state index contributed by atoms with van der Waals surface area (Å²) in [5.74, 6) is -0.583. The molecule has 1 unspecified atom stereocenters. The summed E-state index contributed by atoms with van der Waals surface area (Å²) in [4.78, 5) is 11.5. The van der Waals surface area contributed by atoms with Crippen LogP contribution in [0.5, 0.6) is 0 Å². The molecule has 0 bridgehead atoms.